The minimum atomic E-state index is 0.246. The summed E-state index contributed by atoms with van der Waals surface area (Å²) < 4.78 is 3.54. The number of aryl methyl sites for hydroxylation is 2. The molecule has 1 aliphatic rings. The van der Waals surface area contributed by atoms with Crippen molar-refractivity contribution in [2.75, 3.05) is 6.54 Å². The van der Waals surface area contributed by atoms with Gasteiger partial charge in [0.05, 0.1) is 15.0 Å². The number of fused-ring (bicyclic) bond motifs is 1. The maximum Gasteiger partial charge on any atom is 0.0730 e. The van der Waals surface area contributed by atoms with E-state index in [1.807, 2.05) is 0 Å². The van der Waals surface area contributed by atoms with Crippen LogP contribution in [0.2, 0.25) is 0 Å². The van der Waals surface area contributed by atoms with Crippen LogP contribution in [0.4, 0.5) is 0 Å². The van der Waals surface area contributed by atoms with Crippen LogP contribution in [-0.4, -0.2) is 26.8 Å². The van der Waals surface area contributed by atoms with Crippen molar-refractivity contribution < 1.29 is 0 Å². The predicted octanol–water partition coefficient (Wildman–Crippen LogP) is 2.80. The highest BCUT2D eigenvalue weighted by Gasteiger charge is 2.26. The lowest BCUT2D eigenvalue weighted by Crippen LogP contribution is -2.40. The summed E-state index contributed by atoms with van der Waals surface area (Å²) in [5, 5.41) is 4.61. The van der Waals surface area contributed by atoms with Crippen molar-refractivity contribution in [2.24, 2.45) is 0 Å². The molecule has 0 unspecified atom stereocenters. The molecule has 1 aromatic heterocycles. The SMILES string of the molecule is Cc1nn2c(c1I)CN(C(C)(C)C)CCC2. The molecule has 0 saturated heterocycles. The van der Waals surface area contributed by atoms with Crippen LogP contribution in [0.1, 0.15) is 38.6 Å². The smallest absolute Gasteiger partial charge is 0.0730 e. The van der Waals surface area contributed by atoms with Crippen LogP contribution in [0.3, 0.4) is 0 Å². The highest BCUT2D eigenvalue weighted by atomic mass is 127. The molecule has 0 amide bonds. The molecular formula is C12H20IN3. The minimum absolute atomic E-state index is 0.246. The zero-order valence-corrected chi connectivity index (χ0v) is 12.7. The van der Waals surface area contributed by atoms with E-state index < -0.39 is 0 Å². The number of hydrogen-bond acceptors (Lipinski definition) is 2. The van der Waals surface area contributed by atoms with Gasteiger partial charge in [0.1, 0.15) is 0 Å². The van der Waals surface area contributed by atoms with Gasteiger partial charge in [0, 0.05) is 25.2 Å². The Morgan fingerprint density at radius 3 is 2.56 bits per heavy atom. The molecule has 2 heterocycles. The third-order valence-corrected chi connectivity index (χ3v) is 4.64. The van der Waals surface area contributed by atoms with Crippen molar-refractivity contribution in [3.05, 3.63) is 15.0 Å². The van der Waals surface area contributed by atoms with Crippen LogP contribution in [0.25, 0.3) is 0 Å². The van der Waals surface area contributed by atoms with Crippen LogP contribution in [0.15, 0.2) is 0 Å². The van der Waals surface area contributed by atoms with Gasteiger partial charge in [0.2, 0.25) is 0 Å². The van der Waals surface area contributed by atoms with Crippen molar-refractivity contribution in [1.82, 2.24) is 14.7 Å². The maximum absolute atomic E-state index is 4.61. The molecule has 0 spiro atoms. The molecule has 2 rings (SSSR count). The fraction of sp³-hybridized carbons (Fsp3) is 0.750. The number of aromatic nitrogens is 2. The molecule has 0 N–H and O–H groups in total. The fourth-order valence-electron chi connectivity index (χ4n) is 2.19. The van der Waals surface area contributed by atoms with Crippen molar-refractivity contribution in [3.8, 4) is 0 Å². The summed E-state index contributed by atoms with van der Waals surface area (Å²) in [6, 6.07) is 0. The topological polar surface area (TPSA) is 21.1 Å². The van der Waals surface area contributed by atoms with Crippen molar-refractivity contribution in [3.63, 3.8) is 0 Å². The summed E-state index contributed by atoms with van der Waals surface area (Å²) in [7, 11) is 0. The first kappa shape index (κ1) is 12.4. The quantitative estimate of drug-likeness (QED) is 0.681. The first-order chi connectivity index (χ1) is 7.39. The Kier molecular flexibility index (Phi) is 3.32. The monoisotopic (exact) mass is 333 g/mol. The normalized spacial score (nSPS) is 18.3. The van der Waals surface area contributed by atoms with Crippen LogP contribution < -0.4 is 0 Å². The first-order valence-corrected chi connectivity index (χ1v) is 6.94. The van der Waals surface area contributed by atoms with Gasteiger partial charge in [0.15, 0.2) is 0 Å². The van der Waals surface area contributed by atoms with E-state index in [1.54, 1.807) is 0 Å². The lowest BCUT2D eigenvalue weighted by molar-refractivity contribution is 0.130. The van der Waals surface area contributed by atoms with Gasteiger partial charge < -0.3 is 0 Å². The molecule has 0 bridgehead atoms. The van der Waals surface area contributed by atoms with Gasteiger partial charge in [-0.05, 0) is 56.7 Å². The highest BCUT2D eigenvalue weighted by Crippen LogP contribution is 2.25. The molecule has 0 fully saturated rings. The van der Waals surface area contributed by atoms with E-state index in [0.29, 0.717) is 0 Å². The number of nitrogens with zero attached hydrogens (tertiary/aromatic N) is 3. The lowest BCUT2D eigenvalue weighted by atomic mass is 10.1. The van der Waals surface area contributed by atoms with Crippen molar-refractivity contribution in [1.29, 1.82) is 0 Å². The van der Waals surface area contributed by atoms with Crippen molar-refractivity contribution in [2.45, 2.75) is 52.7 Å². The third kappa shape index (κ3) is 2.27. The molecule has 16 heavy (non-hydrogen) atoms. The average Bonchev–Trinajstić information content (AvgIpc) is 2.40. The molecule has 0 aliphatic carbocycles. The van der Waals surface area contributed by atoms with Gasteiger partial charge in [0.25, 0.3) is 0 Å². The van der Waals surface area contributed by atoms with Gasteiger partial charge in [-0.3, -0.25) is 9.58 Å². The predicted molar refractivity (Wildman–Crippen MR) is 74.5 cm³/mol. The summed E-state index contributed by atoms with van der Waals surface area (Å²) in [6.45, 7) is 12.2. The number of rotatable bonds is 0. The van der Waals surface area contributed by atoms with E-state index in [1.165, 1.54) is 27.9 Å². The average molecular weight is 333 g/mol. The van der Waals surface area contributed by atoms with Crippen molar-refractivity contribution >= 4 is 22.6 Å². The molecule has 1 aliphatic heterocycles. The van der Waals surface area contributed by atoms with Crippen LogP contribution >= 0.6 is 22.6 Å². The number of halogens is 1. The highest BCUT2D eigenvalue weighted by molar-refractivity contribution is 14.1. The minimum Gasteiger partial charge on any atom is -0.293 e. The first-order valence-electron chi connectivity index (χ1n) is 5.86. The van der Waals surface area contributed by atoms with E-state index in [9.17, 15) is 0 Å². The molecular weight excluding hydrogens is 313 g/mol. The van der Waals surface area contributed by atoms with Crippen LogP contribution in [0, 0.1) is 10.5 Å². The maximum atomic E-state index is 4.61. The Bertz CT molecular complexity index is 390. The second-order valence-electron chi connectivity index (χ2n) is 5.52. The molecule has 3 nitrogen and oxygen atoms in total. The van der Waals surface area contributed by atoms with Gasteiger partial charge in [-0.2, -0.15) is 5.10 Å². The standard InChI is InChI=1S/C12H20IN3/c1-9-11(13)10-8-15(12(2,3)4)6-5-7-16(10)14-9/h5-8H2,1-4H3. The molecule has 1 aromatic rings. The van der Waals surface area contributed by atoms with E-state index in [4.69, 9.17) is 0 Å². The molecule has 0 radical (unpaired) electrons. The van der Waals surface area contributed by atoms with Gasteiger partial charge in [-0.15, -0.1) is 0 Å². The van der Waals surface area contributed by atoms with Crippen LogP contribution in [-0.2, 0) is 13.1 Å². The van der Waals surface area contributed by atoms with E-state index in [2.05, 4.69) is 65.0 Å². The molecule has 90 valence electrons. The fourth-order valence-corrected chi connectivity index (χ4v) is 2.74. The zero-order valence-electron chi connectivity index (χ0n) is 10.5. The van der Waals surface area contributed by atoms with E-state index in [-0.39, 0.29) is 5.54 Å². The largest absolute Gasteiger partial charge is 0.293 e. The Morgan fingerprint density at radius 1 is 1.25 bits per heavy atom. The van der Waals surface area contributed by atoms with Gasteiger partial charge in [-0.25, -0.2) is 0 Å². The van der Waals surface area contributed by atoms with Crippen LogP contribution in [0.5, 0.6) is 0 Å². The second-order valence-corrected chi connectivity index (χ2v) is 6.59. The molecule has 0 saturated carbocycles. The second kappa shape index (κ2) is 4.29. The lowest BCUT2D eigenvalue weighted by Gasteiger charge is -2.34. The molecule has 0 aromatic carbocycles. The van der Waals surface area contributed by atoms with Gasteiger partial charge in [-0.1, -0.05) is 0 Å². The summed E-state index contributed by atoms with van der Waals surface area (Å²) in [5.74, 6) is 0. The van der Waals surface area contributed by atoms with E-state index in [0.717, 1.165) is 13.1 Å². The summed E-state index contributed by atoms with van der Waals surface area (Å²) in [5.41, 5.74) is 2.81. The summed E-state index contributed by atoms with van der Waals surface area (Å²) >= 11 is 2.43. The third-order valence-electron chi connectivity index (χ3n) is 3.24. The Hall–Kier alpha value is -0.100. The summed E-state index contributed by atoms with van der Waals surface area (Å²) in [6.07, 6.45) is 1.20. The molecule has 4 heteroatoms. The van der Waals surface area contributed by atoms with Gasteiger partial charge >= 0.3 is 0 Å². The molecule has 0 atom stereocenters. The number of hydrogen-bond donors (Lipinski definition) is 0. The Labute approximate surface area is 111 Å². The van der Waals surface area contributed by atoms with E-state index >= 15 is 0 Å². The Balaban J connectivity index is 2.33. The zero-order chi connectivity index (χ0) is 11.9. The summed E-state index contributed by atoms with van der Waals surface area (Å²) in [4.78, 5) is 2.55. The Morgan fingerprint density at radius 2 is 1.94 bits per heavy atom.